The highest BCUT2D eigenvalue weighted by atomic mass is 32.2. The lowest BCUT2D eigenvalue weighted by atomic mass is 10.2. The summed E-state index contributed by atoms with van der Waals surface area (Å²) in [6.07, 6.45) is 0. The summed E-state index contributed by atoms with van der Waals surface area (Å²) >= 11 is 1.39. The van der Waals surface area contributed by atoms with Crippen LogP contribution >= 0.6 is 11.8 Å². The molecule has 24 heavy (non-hydrogen) atoms. The van der Waals surface area contributed by atoms with Crippen LogP contribution in [0.25, 0.3) is 11.0 Å². The molecule has 1 amide bonds. The molecule has 124 valence electrons. The minimum Gasteiger partial charge on any atom is -0.497 e. The molecule has 1 atom stereocenters. The molecule has 0 bridgehead atoms. The van der Waals surface area contributed by atoms with Gasteiger partial charge in [0.2, 0.25) is 5.91 Å². The fourth-order valence-corrected chi connectivity index (χ4v) is 3.07. The molecule has 3 aromatic rings. The van der Waals surface area contributed by atoms with Crippen LogP contribution in [-0.2, 0) is 4.79 Å². The van der Waals surface area contributed by atoms with Gasteiger partial charge in [-0.05, 0) is 38.1 Å². The van der Waals surface area contributed by atoms with E-state index in [4.69, 9.17) is 4.74 Å². The summed E-state index contributed by atoms with van der Waals surface area (Å²) < 4.78 is 5.21. The molecule has 5 nitrogen and oxygen atoms in total. The molecule has 3 rings (SSSR count). The van der Waals surface area contributed by atoms with E-state index in [-0.39, 0.29) is 11.2 Å². The number of aryl methyl sites for hydroxylation is 1. The van der Waals surface area contributed by atoms with E-state index < -0.39 is 0 Å². The molecule has 2 aromatic carbocycles. The Labute approximate surface area is 144 Å². The largest absolute Gasteiger partial charge is 0.497 e. The quantitative estimate of drug-likeness (QED) is 0.688. The van der Waals surface area contributed by atoms with E-state index in [1.165, 1.54) is 11.8 Å². The molecule has 1 heterocycles. The number of anilines is 1. The number of benzene rings is 2. The molecule has 1 unspecified atom stereocenters. The fourth-order valence-electron chi connectivity index (χ4n) is 2.25. The van der Waals surface area contributed by atoms with Gasteiger partial charge in [0, 0.05) is 11.8 Å². The Morgan fingerprint density at radius 1 is 1.25 bits per heavy atom. The Hall–Kier alpha value is -2.47. The maximum absolute atomic E-state index is 12.3. The lowest BCUT2D eigenvalue weighted by molar-refractivity contribution is -0.115. The standard InChI is InChI=1S/C18H19N3O2S/c1-11-4-6-13(7-5-11)19-17(22)12(2)24-18-20-15-9-8-14(23-3)10-16(15)21-18/h4-10,12H,1-3H3,(H,19,22)(H,20,21). The fraction of sp³-hybridized carbons (Fsp3) is 0.222. The van der Waals surface area contributed by atoms with Gasteiger partial charge in [-0.1, -0.05) is 29.5 Å². The van der Waals surface area contributed by atoms with Gasteiger partial charge in [0.05, 0.1) is 23.4 Å². The average molecular weight is 341 g/mol. The number of hydrogen-bond acceptors (Lipinski definition) is 4. The molecule has 0 aliphatic heterocycles. The number of H-pyrrole nitrogens is 1. The number of hydrogen-bond donors (Lipinski definition) is 2. The van der Waals surface area contributed by atoms with Crippen molar-refractivity contribution < 1.29 is 9.53 Å². The summed E-state index contributed by atoms with van der Waals surface area (Å²) in [7, 11) is 1.63. The third-order valence-corrected chi connectivity index (χ3v) is 4.63. The first-order valence-corrected chi connectivity index (χ1v) is 8.51. The smallest absolute Gasteiger partial charge is 0.237 e. The minimum atomic E-state index is -0.270. The normalized spacial score (nSPS) is 12.1. The zero-order valence-electron chi connectivity index (χ0n) is 13.8. The van der Waals surface area contributed by atoms with Crippen LogP contribution in [0.3, 0.4) is 0 Å². The van der Waals surface area contributed by atoms with Gasteiger partial charge < -0.3 is 15.0 Å². The van der Waals surface area contributed by atoms with Crippen LogP contribution in [0.15, 0.2) is 47.6 Å². The van der Waals surface area contributed by atoms with Gasteiger partial charge >= 0.3 is 0 Å². The Balaban J connectivity index is 1.68. The zero-order chi connectivity index (χ0) is 17.1. The van der Waals surface area contributed by atoms with Gasteiger partial charge in [-0.3, -0.25) is 4.79 Å². The highest BCUT2D eigenvalue weighted by molar-refractivity contribution is 8.00. The van der Waals surface area contributed by atoms with Crippen molar-refractivity contribution in [2.45, 2.75) is 24.3 Å². The second-order valence-electron chi connectivity index (χ2n) is 5.54. The van der Waals surface area contributed by atoms with E-state index in [0.29, 0.717) is 5.16 Å². The number of thioether (sulfide) groups is 1. The van der Waals surface area contributed by atoms with Crippen LogP contribution in [0.5, 0.6) is 5.75 Å². The zero-order valence-corrected chi connectivity index (χ0v) is 14.6. The van der Waals surface area contributed by atoms with Gasteiger partial charge in [0.1, 0.15) is 5.75 Å². The van der Waals surface area contributed by atoms with Crippen molar-refractivity contribution in [3.63, 3.8) is 0 Å². The average Bonchev–Trinajstić information content (AvgIpc) is 2.97. The van der Waals surface area contributed by atoms with Crippen LogP contribution in [0.1, 0.15) is 12.5 Å². The second-order valence-corrected chi connectivity index (χ2v) is 6.87. The van der Waals surface area contributed by atoms with E-state index in [9.17, 15) is 4.79 Å². The highest BCUT2D eigenvalue weighted by Gasteiger charge is 2.17. The van der Waals surface area contributed by atoms with E-state index in [2.05, 4.69) is 15.3 Å². The molecule has 0 fully saturated rings. The summed E-state index contributed by atoms with van der Waals surface area (Å²) in [5.74, 6) is 0.717. The van der Waals surface area contributed by atoms with Crippen molar-refractivity contribution in [3.8, 4) is 5.75 Å². The minimum absolute atomic E-state index is 0.0538. The number of amides is 1. The topological polar surface area (TPSA) is 67.0 Å². The predicted octanol–water partition coefficient (Wildman–Crippen LogP) is 4.00. The lowest BCUT2D eigenvalue weighted by Crippen LogP contribution is -2.22. The summed E-state index contributed by atoms with van der Waals surface area (Å²) in [6, 6.07) is 13.4. The number of aromatic nitrogens is 2. The number of ether oxygens (including phenoxy) is 1. The summed E-state index contributed by atoms with van der Waals surface area (Å²) in [5, 5.41) is 3.36. The highest BCUT2D eigenvalue weighted by Crippen LogP contribution is 2.26. The van der Waals surface area contributed by atoms with Crippen LogP contribution in [0, 0.1) is 6.92 Å². The van der Waals surface area contributed by atoms with Crippen LogP contribution < -0.4 is 10.1 Å². The molecular formula is C18H19N3O2S. The van der Waals surface area contributed by atoms with Crippen molar-refractivity contribution in [1.82, 2.24) is 9.97 Å². The SMILES string of the molecule is COc1ccc2nc(SC(C)C(=O)Nc3ccc(C)cc3)[nH]c2c1. The number of aromatic amines is 1. The van der Waals surface area contributed by atoms with E-state index in [0.717, 1.165) is 28.0 Å². The first kappa shape index (κ1) is 16.4. The maximum atomic E-state index is 12.3. The summed E-state index contributed by atoms with van der Waals surface area (Å²) in [5.41, 5.74) is 3.70. The Kier molecular flexibility index (Phi) is 4.76. The molecule has 0 saturated heterocycles. The number of carbonyl (C=O) groups is 1. The van der Waals surface area contributed by atoms with Crippen molar-refractivity contribution in [3.05, 3.63) is 48.0 Å². The first-order valence-electron chi connectivity index (χ1n) is 7.63. The summed E-state index contributed by atoms with van der Waals surface area (Å²) in [4.78, 5) is 20.0. The van der Waals surface area contributed by atoms with E-state index in [1.807, 2.05) is 56.3 Å². The molecule has 1 aromatic heterocycles. The van der Waals surface area contributed by atoms with E-state index >= 15 is 0 Å². The lowest BCUT2D eigenvalue weighted by Gasteiger charge is -2.10. The van der Waals surface area contributed by atoms with Crippen LogP contribution in [0.4, 0.5) is 5.69 Å². The van der Waals surface area contributed by atoms with Crippen molar-refractivity contribution in [1.29, 1.82) is 0 Å². The molecule has 0 aliphatic carbocycles. The van der Waals surface area contributed by atoms with Gasteiger partial charge in [-0.2, -0.15) is 0 Å². The number of rotatable bonds is 5. The monoisotopic (exact) mass is 341 g/mol. The van der Waals surface area contributed by atoms with Crippen molar-refractivity contribution in [2.24, 2.45) is 0 Å². The van der Waals surface area contributed by atoms with Crippen molar-refractivity contribution >= 4 is 34.4 Å². The molecule has 0 saturated carbocycles. The molecule has 0 radical (unpaired) electrons. The molecule has 0 spiro atoms. The molecular weight excluding hydrogens is 322 g/mol. The van der Waals surface area contributed by atoms with Gasteiger partial charge in [-0.25, -0.2) is 4.98 Å². The van der Waals surface area contributed by atoms with Crippen LogP contribution in [-0.4, -0.2) is 28.2 Å². The maximum Gasteiger partial charge on any atom is 0.237 e. The van der Waals surface area contributed by atoms with Crippen LogP contribution in [0.2, 0.25) is 0 Å². The third kappa shape index (κ3) is 3.71. The number of fused-ring (bicyclic) bond motifs is 1. The van der Waals surface area contributed by atoms with Gasteiger partial charge in [-0.15, -0.1) is 0 Å². The number of nitrogens with one attached hydrogen (secondary N) is 2. The number of methoxy groups -OCH3 is 1. The first-order chi connectivity index (χ1) is 11.5. The third-order valence-electron chi connectivity index (χ3n) is 3.64. The van der Waals surface area contributed by atoms with Crippen molar-refractivity contribution in [2.75, 3.05) is 12.4 Å². The van der Waals surface area contributed by atoms with E-state index in [1.54, 1.807) is 7.11 Å². The predicted molar refractivity (Wildman–Crippen MR) is 97.8 cm³/mol. The second kappa shape index (κ2) is 6.97. The summed E-state index contributed by atoms with van der Waals surface area (Å²) in [6.45, 7) is 3.88. The van der Waals surface area contributed by atoms with Gasteiger partial charge in [0.15, 0.2) is 5.16 Å². The molecule has 6 heteroatoms. The Morgan fingerprint density at radius 3 is 2.71 bits per heavy atom. The Morgan fingerprint density at radius 2 is 2.00 bits per heavy atom. The molecule has 2 N–H and O–H groups in total. The number of nitrogens with zero attached hydrogens (tertiary/aromatic N) is 1. The Bertz CT molecular complexity index is 858. The molecule has 0 aliphatic rings. The number of carbonyl (C=O) groups excluding carboxylic acids is 1. The van der Waals surface area contributed by atoms with Gasteiger partial charge in [0.25, 0.3) is 0 Å². The number of imidazole rings is 1.